The molecule has 102 valence electrons. The number of carbonyl (C=O) groups excluding carboxylic acids is 1. The number of allylic oxidation sites excluding steroid dienone is 1. The SMILES string of the molecule is CCOC(=O)C1=C(C)N=NC1(C(C)C)S(N)(=O)=O. The number of hydrogen-bond donors (Lipinski definition) is 1. The molecule has 1 rings (SSSR count). The van der Waals surface area contributed by atoms with Crippen LogP contribution in [0.3, 0.4) is 0 Å². The van der Waals surface area contributed by atoms with Crippen LogP contribution in [0.2, 0.25) is 0 Å². The minimum Gasteiger partial charge on any atom is -0.462 e. The normalized spacial score (nSPS) is 23.9. The van der Waals surface area contributed by atoms with Gasteiger partial charge in [-0.25, -0.2) is 18.4 Å². The van der Waals surface area contributed by atoms with Gasteiger partial charge >= 0.3 is 5.97 Å². The summed E-state index contributed by atoms with van der Waals surface area (Å²) in [4.78, 5) is 10.1. The van der Waals surface area contributed by atoms with Crippen molar-refractivity contribution >= 4 is 16.0 Å². The molecule has 0 aliphatic carbocycles. The van der Waals surface area contributed by atoms with Crippen molar-refractivity contribution in [2.24, 2.45) is 21.3 Å². The lowest BCUT2D eigenvalue weighted by molar-refractivity contribution is -0.139. The predicted molar refractivity (Wildman–Crippen MR) is 64.9 cm³/mol. The van der Waals surface area contributed by atoms with Gasteiger partial charge in [-0.15, -0.1) is 0 Å². The summed E-state index contributed by atoms with van der Waals surface area (Å²) in [5, 5.41) is 12.7. The summed E-state index contributed by atoms with van der Waals surface area (Å²) < 4.78 is 28.5. The smallest absolute Gasteiger partial charge is 0.339 e. The van der Waals surface area contributed by atoms with Crippen molar-refractivity contribution in [3.05, 3.63) is 11.3 Å². The topological polar surface area (TPSA) is 111 Å². The van der Waals surface area contributed by atoms with Crippen molar-refractivity contribution in [3.63, 3.8) is 0 Å². The Kier molecular flexibility index (Phi) is 3.92. The van der Waals surface area contributed by atoms with Gasteiger partial charge in [0.1, 0.15) is 5.57 Å². The van der Waals surface area contributed by atoms with E-state index in [1.165, 1.54) is 6.92 Å². The number of sulfonamides is 1. The number of nitrogens with two attached hydrogens (primary N) is 1. The van der Waals surface area contributed by atoms with Crippen molar-refractivity contribution in [1.82, 2.24) is 0 Å². The number of carbonyl (C=O) groups is 1. The van der Waals surface area contributed by atoms with Gasteiger partial charge in [0.15, 0.2) is 0 Å². The van der Waals surface area contributed by atoms with Gasteiger partial charge in [0.05, 0.1) is 12.3 Å². The van der Waals surface area contributed by atoms with E-state index < -0.39 is 26.8 Å². The summed E-state index contributed by atoms with van der Waals surface area (Å²) in [5.74, 6) is -1.28. The molecule has 0 aromatic heterocycles. The molecule has 1 aliphatic rings. The van der Waals surface area contributed by atoms with E-state index in [1.54, 1.807) is 20.8 Å². The number of rotatable bonds is 4. The van der Waals surface area contributed by atoms with Gasteiger partial charge in [-0.1, -0.05) is 13.8 Å². The second kappa shape index (κ2) is 4.77. The number of esters is 1. The standard InChI is InChI=1S/C10H17N3O4S/c1-5-17-9(14)8-7(4)12-13-10(8,6(2)3)18(11,15)16/h6H,5H2,1-4H3,(H2,11,15,16). The largest absolute Gasteiger partial charge is 0.462 e. The minimum absolute atomic E-state index is 0.0955. The van der Waals surface area contributed by atoms with Crippen LogP contribution in [-0.4, -0.2) is 25.9 Å². The zero-order chi connectivity index (χ0) is 14.1. The number of hydrogen-bond acceptors (Lipinski definition) is 6. The molecule has 7 nitrogen and oxygen atoms in total. The van der Waals surface area contributed by atoms with Crippen molar-refractivity contribution in [3.8, 4) is 0 Å². The fourth-order valence-corrected chi connectivity index (χ4v) is 3.26. The molecule has 1 aliphatic heterocycles. The second-order valence-electron chi connectivity index (χ2n) is 4.28. The molecule has 0 saturated carbocycles. The Bertz CT molecular complexity index is 521. The molecule has 0 aromatic carbocycles. The summed E-state index contributed by atoms with van der Waals surface area (Å²) in [6.45, 7) is 6.49. The van der Waals surface area contributed by atoms with E-state index in [9.17, 15) is 13.2 Å². The van der Waals surface area contributed by atoms with Crippen molar-refractivity contribution < 1.29 is 17.9 Å². The Hall–Kier alpha value is -1.28. The van der Waals surface area contributed by atoms with E-state index in [0.29, 0.717) is 0 Å². The van der Waals surface area contributed by atoms with Gasteiger partial charge in [-0.2, -0.15) is 10.2 Å². The quantitative estimate of drug-likeness (QED) is 0.769. The van der Waals surface area contributed by atoms with Gasteiger partial charge in [0.2, 0.25) is 14.9 Å². The molecule has 0 aromatic rings. The third kappa shape index (κ3) is 2.05. The zero-order valence-electron chi connectivity index (χ0n) is 10.8. The Morgan fingerprint density at radius 2 is 2.06 bits per heavy atom. The third-order valence-electron chi connectivity index (χ3n) is 2.76. The van der Waals surface area contributed by atoms with Gasteiger partial charge < -0.3 is 4.74 Å². The zero-order valence-corrected chi connectivity index (χ0v) is 11.6. The lowest BCUT2D eigenvalue weighted by Gasteiger charge is -2.28. The molecule has 0 radical (unpaired) electrons. The van der Waals surface area contributed by atoms with Gasteiger partial charge in [0, 0.05) is 5.92 Å². The van der Waals surface area contributed by atoms with E-state index in [2.05, 4.69) is 10.2 Å². The molecule has 0 bridgehead atoms. The lowest BCUT2D eigenvalue weighted by Crippen LogP contribution is -2.48. The summed E-state index contributed by atoms with van der Waals surface area (Å²) >= 11 is 0. The average Bonchev–Trinajstić information content (AvgIpc) is 2.56. The van der Waals surface area contributed by atoms with E-state index >= 15 is 0 Å². The number of ether oxygens (including phenoxy) is 1. The highest BCUT2D eigenvalue weighted by atomic mass is 32.2. The minimum atomic E-state index is -4.13. The molecule has 0 spiro atoms. The summed E-state index contributed by atoms with van der Waals surface area (Å²) in [7, 11) is -4.13. The lowest BCUT2D eigenvalue weighted by atomic mass is 9.95. The van der Waals surface area contributed by atoms with Crippen molar-refractivity contribution in [2.45, 2.75) is 32.6 Å². The maximum atomic E-state index is 11.9. The highest BCUT2D eigenvalue weighted by molar-refractivity contribution is 7.90. The molecule has 0 saturated heterocycles. The van der Waals surface area contributed by atoms with E-state index in [-0.39, 0.29) is 17.9 Å². The van der Waals surface area contributed by atoms with E-state index in [4.69, 9.17) is 9.88 Å². The van der Waals surface area contributed by atoms with E-state index in [1.807, 2.05) is 0 Å². The molecule has 18 heavy (non-hydrogen) atoms. The van der Waals surface area contributed by atoms with Crippen LogP contribution in [0.25, 0.3) is 0 Å². The Morgan fingerprint density at radius 1 is 1.50 bits per heavy atom. The first kappa shape index (κ1) is 14.8. The molecule has 2 N–H and O–H groups in total. The van der Waals surface area contributed by atoms with Gasteiger partial charge in [0.25, 0.3) is 0 Å². The molecule has 1 heterocycles. The Balaban J connectivity index is 3.47. The van der Waals surface area contributed by atoms with Crippen LogP contribution in [0.4, 0.5) is 0 Å². The molecular formula is C10H17N3O4S. The van der Waals surface area contributed by atoms with Crippen LogP contribution in [0.5, 0.6) is 0 Å². The fraction of sp³-hybridized carbons (Fsp3) is 0.700. The molecular weight excluding hydrogens is 258 g/mol. The van der Waals surface area contributed by atoms with Crippen LogP contribution < -0.4 is 5.14 Å². The summed E-state index contributed by atoms with van der Waals surface area (Å²) in [6, 6.07) is 0. The average molecular weight is 275 g/mol. The van der Waals surface area contributed by atoms with Crippen LogP contribution in [0, 0.1) is 5.92 Å². The fourth-order valence-electron chi connectivity index (χ4n) is 1.94. The first-order valence-corrected chi connectivity index (χ1v) is 7.06. The Morgan fingerprint density at radius 3 is 2.44 bits per heavy atom. The maximum absolute atomic E-state index is 11.9. The molecule has 1 unspecified atom stereocenters. The first-order chi connectivity index (χ1) is 8.18. The van der Waals surface area contributed by atoms with Crippen LogP contribution >= 0.6 is 0 Å². The second-order valence-corrected chi connectivity index (χ2v) is 5.99. The van der Waals surface area contributed by atoms with Crippen molar-refractivity contribution in [2.75, 3.05) is 6.61 Å². The molecule has 1 atom stereocenters. The first-order valence-electron chi connectivity index (χ1n) is 5.52. The number of nitrogens with zero attached hydrogens (tertiary/aromatic N) is 2. The highest BCUT2D eigenvalue weighted by Gasteiger charge is 2.55. The van der Waals surface area contributed by atoms with Gasteiger partial charge in [-0.05, 0) is 13.8 Å². The number of primary sulfonamides is 1. The molecule has 8 heteroatoms. The third-order valence-corrected chi connectivity index (χ3v) is 4.39. The monoisotopic (exact) mass is 275 g/mol. The maximum Gasteiger partial charge on any atom is 0.339 e. The van der Waals surface area contributed by atoms with Gasteiger partial charge in [-0.3, -0.25) is 0 Å². The molecule has 0 amide bonds. The van der Waals surface area contributed by atoms with Crippen LogP contribution in [0.15, 0.2) is 21.5 Å². The van der Waals surface area contributed by atoms with E-state index in [0.717, 1.165) is 0 Å². The highest BCUT2D eigenvalue weighted by Crippen LogP contribution is 2.41. The number of azo groups is 1. The molecule has 0 fully saturated rings. The van der Waals surface area contributed by atoms with Crippen LogP contribution in [-0.2, 0) is 19.6 Å². The van der Waals surface area contributed by atoms with Crippen molar-refractivity contribution in [1.29, 1.82) is 0 Å². The summed E-state index contributed by atoms with van der Waals surface area (Å²) in [6.07, 6.45) is 0. The predicted octanol–water partition coefficient (Wildman–Crippen LogP) is 0.930. The van der Waals surface area contributed by atoms with Crippen LogP contribution in [0.1, 0.15) is 27.7 Å². The summed E-state index contributed by atoms with van der Waals surface area (Å²) in [5.41, 5.74) is 0.123. The Labute approximate surface area is 106 Å².